The van der Waals surface area contributed by atoms with Crippen molar-refractivity contribution in [1.82, 2.24) is 9.97 Å². The Morgan fingerprint density at radius 3 is 2.54 bits per heavy atom. The Morgan fingerprint density at radius 1 is 1.00 bits per heavy atom. The summed E-state index contributed by atoms with van der Waals surface area (Å²) in [5, 5.41) is 3.67. The molecule has 0 spiro atoms. The molecule has 28 heavy (non-hydrogen) atoms. The van der Waals surface area contributed by atoms with E-state index in [-0.39, 0.29) is 6.04 Å². The quantitative estimate of drug-likeness (QED) is 0.823. The van der Waals surface area contributed by atoms with Crippen molar-refractivity contribution in [2.45, 2.75) is 42.7 Å². The minimum Gasteiger partial charge on any atom is -0.368 e. The second-order valence-corrected chi connectivity index (χ2v) is 9.01. The molecule has 0 amide bonds. The maximum Gasteiger partial charge on any atom is 0.227 e. The molecular formula is C21H28N6S. The highest BCUT2D eigenvalue weighted by Gasteiger charge is 2.29. The predicted octanol–water partition coefficient (Wildman–Crippen LogP) is 2.74. The highest BCUT2D eigenvalue weighted by Crippen LogP contribution is 2.38. The number of benzene rings is 1. The molecule has 3 aliphatic rings. The zero-order valence-electron chi connectivity index (χ0n) is 16.2. The van der Waals surface area contributed by atoms with Gasteiger partial charge in [-0.05, 0) is 31.4 Å². The van der Waals surface area contributed by atoms with Crippen molar-refractivity contribution in [3.63, 3.8) is 0 Å². The Kier molecular flexibility index (Phi) is 5.03. The summed E-state index contributed by atoms with van der Waals surface area (Å²) in [4.78, 5) is 15.9. The lowest BCUT2D eigenvalue weighted by molar-refractivity contribution is 0.626. The van der Waals surface area contributed by atoms with E-state index in [2.05, 4.69) is 45.4 Å². The largest absolute Gasteiger partial charge is 0.368 e. The van der Waals surface area contributed by atoms with Crippen LogP contribution in [0.15, 0.2) is 35.2 Å². The molecule has 0 bridgehead atoms. The maximum absolute atomic E-state index is 6.29. The molecule has 0 radical (unpaired) electrons. The Hall–Kier alpha value is -1.99. The van der Waals surface area contributed by atoms with Crippen molar-refractivity contribution in [3.05, 3.63) is 36.0 Å². The van der Waals surface area contributed by atoms with Crippen LogP contribution < -0.4 is 20.9 Å². The molecule has 2 fully saturated rings. The van der Waals surface area contributed by atoms with Crippen LogP contribution in [0.2, 0.25) is 0 Å². The van der Waals surface area contributed by atoms with Gasteiger partial charge in [0.05, 0.1) is 10.6 Å². The zero-order chi connectivity index (χ0) is 18.9. The summed E-state index contributed by atoms with van der Waals surface area (Å²) in [6.07, 6.45) is 4.47. The number of rotatable bonds is 4. The van der Waals surface area contributed by atoms with Crippen LogP contribution in [0.4, 0.5) is 17.5 Å². The molecule has 1 saturated carbocycles. The topological polar surface area (TPSA) is 70.3 Å². The van der Waals surface area contributed by atoms with Gasteiger partial charge in [0.25, 0.3) is 0 Å². The molecule has 6 nitrogen and oxygen atoms in total. The lowest BCUT2D eigenvalue weighted by Crippen LogP contribution is -2.47. The van der Waals surface area contributed by atoms with E-state index in [4.69, 9.17) is 15.7 Å². The Labute approximate surface area is 170 Å². The number of nitrogens with one attached hydrogen (secondary N) is 1. The molecule has 1 aromatic carbocycles. The van der Waals surface area contributed by atoms with Gasteiger partial charge in [-0.15, -0.1) is 11.8 Å². The predicted molar refractivity (Wildman–Crippen MR) is 117 cm³/mol. The van der Waals surface area contributed by atoms with E-state index in [1.807, 2.05) is 11.8 Å². The van der Waals surface area contributed by atoms with Crippen molar-refractivity contribution in [2.75, 3.05) is 47.0 Å². The summed E-state index contributed by atoms with van der Waals surface area (Å²) in [7, 11) is 0. The first-order chi connectivity index (χ1) is 13.8. The highest BCUT2D eigenvalue weighted by atomic mass is 32.2. The number of para-hydroxylation sites is 1. The fourth-order valence-electron chi connectivity index (χ4n) is 4.44. The number of fused-ring (bicyclic) bond motifs is 1. The Balaban J connectivity index is 1.34. The van der Waals surface area contributed by atoms with Crippen molar-refractivity contribution in [3.8, 4) is 0 Å². The van der Waals surface area contributed by atoms with Crippen LogP contribution in [-0.2, 0) is 6.42 Å². The number of aryl methyl sites for hydroxylation is 1. The third-order valence-electron chi connectivity index (χ3n) is 6.08. The van der Waals surface area contributed by atoms with Gasteiger partial charge in [0.1, 0.15) is 5.82 Å². The lowest BCUT2D eigenvalue weighted by Gasteiger charge is -2.36. The molecular weight excluding hydrogens is 368 g/mol. The molecule has 5 rings (SSSR count). The number of piperazine rings is 1. The third kappa shape index (κ3) is 3.53. The second-order valence-electron chi connectivity index (χ2n) is 7.90. The number of hydrogen-bond donors (Lipinski definition) is 2. The molecule has 7 heteroatoms. The maximum atomic E-state index is 6.29. The summed E-state index contributed by atoms with van der Waals surface area (Å²) < 4.78 is 0. The van der Waals surface area contributed by atoms with Gasteiger partial charge in [0, 0.05) is 56.1 Å². The number of aromatic nitrogens is 2. The van der Waals surface area contributed by atoms with Gasteiger partial charge in [0.2, 0.25) is 5.95 Å². The van der Waals surface area contributed by atoms with Gasteiger partial charge in [0.15, 0.2) is 0 Å². The zero-order valence-corrected chi connectivity index (χ0v) is 17.0. The molecule has 3 heterocycles. The van der Waals surface area contributed by atoms with E-state index >= 15 is 0 Å². The van der Waals surface area contributed by atoms with E-state index in [0.717, 1.165) is 63.0 Å². The van der Waals surface area contributed by atoms with E-state index in [0.29, 0.717) is 6.04 Å². The third-order valence-corrected chi connectivity index (χ3v) is 7.21. The smallest absolute Gasteiger partial charge is 0.227 e. The molecule has 2 atom stereocenters. The van der Waals surface area contributed by atoms with Crippen molar-refractivity contribution < 1.29 is 0 Å². The second kappa shape index (κ2) is 7.79. The lowest BCUT2D eigenvalue weighted by atomic mass is 10.2. The number of nitrogens with two attached hydrogens (primary N) is 1. The van der Waals surface area contributed by atoms with E-state index < -0.39 is 0 Å². The normalized spacial score (nSPS) is 24.5. The molecule has 2 unspecified atom stereocenters. The van der Waals surface area contributed by atoms with Crippen LogP contribution in [0.25, 0.3) is 0 Å². The summed E-state index contributed by atoms with van der Waals surface area (Å²) in [5.41, 5.74) is 8.80. The summed E-state index contributed by atoms with van der Waals surface area (Å²) in [6, 6.07) is 11.2. The Bertz CT molecular complexity index is 821. The number of thioether (sulfide) groups is 1. The highest BCUT2D eigenvalue weighted by molar-refractivity contribution is 7.99. The van der Waals surface area contributed by atoms with E-state index in [9.17, 15) is 0 Å². The summed E-state index contributed by atoms with van der Waals surface area (Å²) in [5.74, 6) is 2.99. The van der Waals surface area contributed by atoms with Gasteiger partial charge in [-0.3, -0.25) is 0 Å². The van der Waals surface area contributed by atoms with Gasteiger partial charge >= 0.3 is 0 Å². The van der Waals surface area contributed by atoms with Crippen molar-refractivity contribution in [2.24, 2.45) is 5.73 Å². The van der Waals surface area contributed by atoms with Crippen LogP contribution in [0.1, 0.15) is 25.0 Å². The van der Waals surface area contributed by atoms with Gasteiger partial charge in [-0.2, -0.15) is 4.98 Å². The first kappa shape index (κ1) is 18.1. The van der Waals surface area contributed by atoms with Crippen molar-refractivity contribution >= 4 is 29.2 Å². The molecule has 1 saturated heterocycles. The minimum absolute atomic E-state index is 0.231. The van der Waals surface area contributed by atoms with Gasteiger partial charge in [-0.25, -0.2) is 4.98 Å². The monoisotopic (exact) mass is 396 g/mol. The van der Waals surface area contributed by atoms with Crippen molar-refractivity contribution in [1.29, 1.82) is 0 Å². The number of nitrogens with zero attached hydrogens (tertiary/aromatic N) is 4. The van der Waals surface area contributed by atoms with Crippen LogP contribution in [0.3, 0.4) is 0 Å². The molecule has 2 aromatic rings. The fourth-order valence-corrected chi connectivity index (χ4v) is 5.50. The van der Waals surface area contributed by atoms with Crippen LogP contribution >= 0.6 is 11.8 Å². The average Bonchev–Trinajstić information content (AvgIpc) is 3.38. The molecule has 1 aromatic heterocycles. The van der Waals surface area contributed by atoms with Crippen LogP contribution in [-0.4, -0.2) is 54.0 Å². The standard InChI is InChI=1S/C21H28N6S/c22-16-7-4-8-17(16)23-20-19-18(9-14-28-19)24-21(25-20)27-12-10-26(11-13-27)15-5-2-1-3-6-15/h1-3,5-6,16-17H,4,7-14,22H2,(H,23,24,25). The number of anilines is 3. The molecule has 3 N–H and O–H groups in total. The molecule has 1 aliphatic carbocycles. The Morgan fingerprint density at radius 2 is 1.79 bits per heavy atom. The SMILES string of the molecule is NC1CCCC1Nc1nc(N2CCN(c3ccccc3)CC2)nc2c1SCC2. The van der Waals surface area contributed by atoms with Gasteiger partial charge < -0.3 is 20.9 Å². The van der Waals surface area contributed by atoms with Crippen LogP contribution in [0.5, 0.6) is 0 Å². The first-order valence-corrected chi connectivity index (χ1v) is 11.4. The first-order valence-electron chi connectivity index (χ1n) is 10.4. The summed E-state index contributed by atoms with van der Waals surface area (Å²) in [6.45, 7) is 3.89. The minimum atomic E-state index is 0.231. The molecule has 148 valence electrons. The van der Waals surface area contributed by atoms with E-state index in [1.54, 1.807) is 0 Å². The summed E-state index contributed by atoms with van der Waals surface area (Å²) >= 11 is 1.88. The number of hydrogen-bond acceptors (Lipinski definition) is 7. The van der Waals surface area contributed by atoms with Gasteiger partial charge in [-0.1, -0.05) is 18.2 Å². The van der Waals surface area contributed by atoms with Crippen LogP contribution in [0, 0.1) is 0 Å². The molecule has 2 aliphatic heterocycles. The fraction of sp³-hybridized carbons (Fsp3) is 0.524. The average molecular weight is 397 g/mol. The van der Waals surface area contributed by atoms with E-state index in [1.165, 1.54) is 22.7 Å².